The van der Waals surface area contributed by atoms with E-state index in [4.69, 9.17) is 0 Å². The van der Waals surface area contributed by atoms with Gasteiger partial charge in [0.15, 0.2) is 5.65 Å². The van der Waals surface area contributed by atoms with Crippen molar-refractivity contribution in [3.63, 3.8) is 0 Å². The minimum atomic E-state index is 0.705. The Hall–Kier alpha value is -1.69. The van der Waals surface area contributed by atoms with E-state index in [0.717, 1.165) is 29.9 Å². The summed E-state index contributed by atoms with van der Waals surface area (Å²) in [7, 11) is 4.06. The molecule has 3 rings (SSSR count). The topological polar surface area (TPSA) is 58.9 Å². The molecule has 1 saturated heterocycles. The van der Waals surface area contributed by atoms with Gasteiger partial charge in [0, 0.05) is 20.1 Å². The van der Waals surface area contributed by atoms with Crippen LogP contribution in [0.15, 0.2) is 12.5 Å². The summed E-state index contributed by atoms with van der Waals surface area (Å²) in [6, 6.07) is 0. The van der Waals surface area contributed by atoms with Gasteiger partial charge in [-0.3, -0.25) is 4.68 Å². The lowest BCUT2D eigenvalue weighted by molar-refractivity contribution is 0.399. The summed E-state index contributed by atoms with van der Waals surface area (Å²) in [5, 5.41) is 8.64. The molecule has 3 heterocycles. The van der Waals surface area contributed by atoms with Crippen molar-refractivity contribution in [1.82, 2.24) is 24.6 Å². The zero-order chi connectivity index (χ0) is 12.5. The lowest BCUT2D eigenvalue weighted by atomic mass is 10.1. The van der Waals surface area contributed by atoms with Gasteiger partial charge in [-0.05, 0) is 25.9 Å². The van der Waals surface area contributed by atoms with Gasteiger partial charge in [0.25, 0.3) is 0 Å². The number of anilines is 1. The van der Waals surface area contributed by atoms with Gasteiger partial charge in [0.2, 0.25) is 0 Å². The number of nitrogens with one attached hydrogen (secondary N) is 1. The number of rotatable bonds is 3. The molecule has 0 aromatic carbocycles. The molecule has 1 N–H and O–H groups in total. The summed E-state index contributed by atoms with van der Waals surface area (Å²) in [6.45, 7) is 3.32. The quantitative estimate of drug-likeness (QED) is 0.865. The second kappa shape index (κ2) is 4.53. The van der Waals surface area contributed by atoms with Crippen LogP contribution >= 0.6 is 0 Å². The first-order valence-electron chi connectivity index (χ1n) is 6.29. The molecule has 6 heteroatoms. The summed E-state index contributed by atoms with van der Waals surface area (Å²) in [5.41, 5.74) is 0.871. The third-order valence-electron chi connectivity index (χ3n) is 3.58. The van der Waals surface area contributed by atoms with Gasteiger partial charge in [-0.15, -0.1) is 0 Å². The first kappa shape index (κ1) is 11.4. The number of aryl methyl sites for hydroxylation is 1. The van der Waals surface area contributed by atoms with E-state index in [2.05, 4.69) is 32.3 Å². The Kier molecular flexibility index (Phi) is 2.87. The number of fused-ring (bicyclic) bond motifs is 1. The number of hydrogen-bond donors (Lipinski definition) is 1. The standard InChI is InChI=1S/C12H18N6/c1-17-4-3-9(7-17)5-13-11-10-6-16-18(2)12(10)15-8-14-11/h6,8-9H,3-5,7H2,1-2H3,(H,13,14,15). The van der Waals surface area contributed by atoms with Crippen molar-refractivity contribution in [2.45, 2.75) is 6.42 Å². The molecule has 0 spiro atoms. The van der Waals surface area contributed by atoms with Crippen molar-refractivity contribution >= 4 is 16.9 Å². The molecule has 96 valence electrons. The predicted molar refractivity (Wildman–Crippen MR) is 70.4 cm³/mol. The molecule has 1 fully saturated rings. The maximum absolute atomic E-state index is 4.31. The van der Waals surface area contributed by atoms with Crippen LogP contribution in [0.1, 0.15) is 6.42 Å². The first-order valence-corrected chi connectivity index (χ1v) is 6.29. The molecule has 2 aromatic heterocycles. The third kappa shape index (κ3) is 2.03. The van der Waals surface area contributed by atoms with E-state index in [9.17, 15) is 0 Å². The van der Waals surface area contributed by atoms with E-state index in [-0.39, 0.29) is 0 Å². The van der Waals surface area contributed by atoms with Crippen LogP contribution in [0.4, 0.5) is 5.82 Å². The van der Waals surface area contributed by atoms with Gasteiger partial charge >= 0.3 is 0 Å². The highest BCUT2D eigenvalue weighted by Crippen LogP contribution is 2.20. The molecular weight excluding hydrogens is 228 g/mol. The molecule has 1 aliphatic heterocycles. The molecule has 1 aliphatic rings. The van der Waals surface area contributed by atoms with Crippen molar-refractivity contribution in [2.24, 2.45) is 13.0 Å². The van der Waals surface area contributed by atoms with Crippen LogP contribution < -0.4 is 5.32 Å². The lowest BCUT2D eigenvalue weighted by Crippen LogP contribution is -2.19. The Morgan fingerprint density at radius 2 is 2.28 bits per heavy atom. The van der Waals surface area contributed by atoms with E-state index in [1.165, 1.54) is 13.0 Å². The molecule has 2 aromatic rings. The van der Waals surface area contributed by atoms with E-state index in [1.807, 2.05) is 13.2 Å². The zero-order valence-corrected chi connectivity index (χ0v) is 10.8. The second-order valence-electron chi connectivity index (χ2n) is 5.03. The number of likely N-dealkylation sites (tertiary alicyclic amines) is 1. The summed E-state index contributed by atoms with van der Waals surface area (Å²) in [6.07, 6.45) is 4.66. The molecule has 6 nitrogen and oxygen atoms in total. The van der Waals surface area contributed by atoms with E-state index >= 15 is 0 Å². The SMILES string of the molecule is CN1CCC(CNc2ncnc3c2cnn3C)C1. The zero-order valence-electron chi connectivity index (χ0n) is 10.8. The summed E-state index contributed by atoms with van der Waals surface area (Å²) in [4.78, 5) is 10.9. The molecule has 0 bridgehead atoms. The summed E-state index contributed by atoms with van der Waals surface area (Å²) < 4.78 is 1.77. The Balaban J connectivity index is 1.74. The highest BCUT2D eigenvalue weighted by atomic mass is 15.3. The van der Waals surface area contributed by atoms with Gasteiger partial charge in [-0.1, -0.05) is 0 Å². The molecule has 1 unspecified atom stereocenters. The maximum atomic E-state index is 4.31. The van der Waals surface area contributed by atoms with Crippen molar-refractivity contribution in [1.29, 1.82) is 0 Å². The first-order chi connectivity index (χ1) is 8.74. The highest BCUT2D eigenvalue weighted by molar-refractivity contribution is 5.85. The lowest BCUT2D eigenvalue weighted by Gasteiger charge is -2.12. The molecule has 0 radical (unpaired) electrons. The van der Waals surface area contributed by atoms with Gasteiger partial charge in [0.05, 0.1) is 11.6 Å². The molecular formula is C12H18N6. The normalized spacial score (nSPS) is 20.7. The number of nitrogens with zero attached hydrogens (tertiary/aromatic N) is 5. The van der Waals surface area contributed by atoms with Gasteiger partial charge in [-0.25, -0.2) is 9.97 Å². The largest absolute Gasteiger partial charge is 0.369 e. The number of aromatic nitrogens is 4. The van der Waals surface area contributed by atoms with Crippen molar-refractivity contribution in [2.75, 3.05) is 32.0 Å². The van der Waals surface area contributed by atoms with Gasteiger partial charge in [-0.2, -0.15) is 5.10 Å². The summed E-state index contributed by atoms with van der Waals surface area (Å²) >= 11 is 0. The van der Waals surface area contributed by atoms with E-state index in [1.54, 1.807) is 11.0 Å². The van der Waals surface area contributed by atoms with Crippen LogP contribution in [0.3, 0.4) is 0 Å². The fraction of sp³-hybridized carbons (Fsp3) is 0.583. The fourth-order valence-electron chi connectivity index (χ4n) is 2.54. The average molecular weight is 246 g/mol. The summed E-state index contributed by atoms with van der Waals surface area (Å²) in [5.74, 6) is 1.60. The minimum Gasteiger partial charge on any atom is -0.369 e. The van der Waals surface area contributed by atoms with E-state index in [0.29, 0.717) is 5.92 Å². The van der Waals surface area contributed by atoms with Gasteiger partial charge in [0.1, 0.15) is 12.1 Å². The van der Waals surface area contributed by atoms with Crippen molar-refractivity contribution in [3.05, 3.63) is 12.5 Å². The molecule has 0 amide bonds. The molecule has 1 atom stereocenters. The maximum Gasteiger partial charge on any atom is 0.163 e. The number of hydrogen-bond acceptors (Lipinski definition) is 5. The monoisotopic (exact) mass is 246 g/mol. The Morgan fingerprint density at radius 3 is 3.06 bits per heavy atom. The second-order valence-corrected chi connectivity index (χ2v) is 5.03. The van der Waals surface area contributed by atoms with Crippen LogP contribution in [0, 0.1) is 5.92 Å². The van der Waals surface area contributed by atoms with E-state index < -0.39 is 0 Å². The predicted octanol–water partition coefficient (Wildman–Crippen LogP) is 0.727. The van der Waals surface area contributed by atoms with Crippen LogP contribution in [0.5, 0.6) is 0 Å². The van der Waals surface area contributed by atoms with Crippen LogP contribution in [0.2, 0.25) is 0 Å². The minimum absolute atomic E-state index is 0.705. The average Bonchev–Trinajstić information content (AvgIpc) is 2.94. The van der Waals surface area contributed by atoms with Crippen LogP contribution in [-0.4, -0.2) is 51.3 Å². The van der Waals surface area contributed by atoms with Gasteiger partial charge < -0.3 is 10.2 Å². The highest BCUT2D eigenvalue weighted by Gasteiger charge is 2.19. The third-order valence-corrected chi connectivity index (χ3v) is 3.58. The van der Waals surface area contributed by atoms with Crippen molar-refractivity contribution in [3.8, 4) is 0 Å². The van der Waals surface area contributed by atoms with Crippen LogP contribution in [0.25, 0.3) is 11.0 Å². The van der Waals surface area contributed by atoms with Crippen molar-refractivity contribution < 1.29 is 0 Å². The molecule has 0 aliphatic carbocycles. The smallest absolute Gasteiger partial charge is 0.163 e. The fourth-order valence-corrected chi connectivity index (χ4v) is 2.54. The Morgan fingerprint density at radius 1 is 1.39 bits per heavy atom. The molecule has 0 saturated carbocycles. The Labute approximate surface area is 106 Å². The van der Waals surface area contributed by atoms with Crippen LogP contribution in [-0.2, 0) is 7.05 Å². The Bertz CT molecular complexity index is 548. The molecule has 18 heavy (non-hydrogen) atoms.